The molecule has 3 rings (SSSR count). The Morgan fingerprint density at radius 2 is 2.00 bits per heavy atom. The summed E-state index contributed by atoms with van der Waals surface area (Å²) in [6.07, 6.45) is 3.65. The number of nitrogens with one attached hydrogen (secondary N) is 2. The molecule has 18 heavy (non-hydrogen) atoms. The van der Waals surface area contributed by atoms with E-state index in [1.54, 1.807) is 6.20 Å². The Labute approximate surface area is 105 Å². The number of para-hydroxylation sites is 2. The lowest BCUT2D eigenvalue weighted by Gasteiger charge is -2.01. The number of pyridine rings is 1. The Kier molecular flexibility index (Phi) is 3.02. The second-order valence-corrected chi connectivity index (χ2v) is 4.17. The van der Waals surface area contributed by atoms with Gasteiger partial charge < -0.3 is 10.3 Å². The summed E-state index contributed by atoms with van der Waals surface area (Å²) in [5, 5.41) is 3.35. The lowest BCUT2D eigenvalue weighted by atomic mass is 10.3. The summed E-state index contributed by atoms with van der Waals surface area (Å²) in [6, 6.07) is 12.0. The van der Waals surface area contributed by atoms with E-state index < -0.39 is 0 Å². The van der Waals surface area contributed by atoms with Crippen molar-refractivity contribution in [2.45, 2.75) is 13.1 Å². The lowest BCUT2D eigenvalue weighted by molar-refractivity contribution is 0.669. The molecular formula is C14H14N4. The van der Waals surface area contributed by atoms with Crippen LogP contribution in [0.25, 0.3) is 11.0 Å². The van der Waals surface area contributed by atoms with Crippen LogP contribution in [0.3, 0.4) is 0 Å². The summed E-state index contributed by atoms with van der Waals surface area (Å²) >= 11 is 0. The predicted molar refractivity (Wildman–Crippen MR) is 70.9 cm³/mol. The Morgan fingerprint density at radius 3 is 2.83 bits per heavy atom. The first-order chi connectivity index (χ1) is 8.92. The average molecular weight is 238 g/mol. The van der Waals surface area contributed by atoms with E-state index in [2.05, 4.69) is 26.3 Å². The number of fused-ring (bicyclic) bond motifs is 1. The van der Waals surface area contributed by atoms with Gasteiger partial charge in [0.2, 0.25) is 0 Å². The zero-order valence-electron chi connectivity index (χ0n) is 9.93. The molecule has 0 atom stereocenters. The molecule has 0 saturated heterocycles. The fourth-order valence-corrected chi connectivity index (χ4v) is 1.92. The van der Waals surface area contributed by atoms with Gasteiger partial charge in [-0.15, -0.1) is 0 Å². The summed E-state index contributed by atoms with van der Waals surface area (Å²) in [4.78, 5) is 11.9. The third-order valence-electron chi connectivity index (χ3n) is 2.78. The van der Waals surface area contributed by atoms with Crippen LogP contribution in [0.2, 0.25) is 0 Å². The molecule has 0 amide bonds. The van der Waals surface area contributed by atoms with Crippen molar-refractivity contribution in [3.8, 4) is 0 Å². The molecular weight excluding hydrogens is 224 g/mol. The first kappa shape index (κ1) is 10.9. The van der Waals surface area contributed by atoms with Gasteiger partial charge in [-0.25, -0.2) is 4.98 Å². The molecule has 0 saturated carbocycles. The molecule has 0 spiro atoms. The van der Waals surface area contributed by atoms with E-state index in [0.29, 0.717) is 0 Å². The van der Waals surface area contributed by atoms with Crippen molar-refractivity contribution in [2.75, 3.05) is 0 Å². The first-order valence-electron chi connectivity index (χ1n) is 5.95. The fourth-order valence-electron chi connectivity index (χ4n) is 1.92. The molecule has 0 aliphatic rings. The van der Waals surface area contributed by atoms with Crippen LogP contribution in [0.1, 0.15) is 11.4 Å². The molecule has 90 valence electrons. The Balaban J connectivity index is 1.63. The minimum Gasteiger partial charge on any atom is -0.341 e. The molecule has 2 heterocycles. The van der Waals surface area contributed by atoms with E-state index in [1.807, 2.05) is 36.5 Å². The maximum absolute atomic E-state index is 4.51. The molecule has 0 unspecified atom stereocenters. The van der Waals surface area contributed by atoms with Gasteiger partial charge in [0.15, 0.2) is 0 Å². The van der Waals surface area contributed by atoms with E-state index in [4.69, 9.17) is 0 Å². The number of imidazole rings is 1. The number of benzene rings is 1. The zero-order chi connectivity index (χ0) is 12.2. The molecule has 1 aromatic carbocycles. The third-order valence-corrected chi connectivity index (χ3v) is 2.78. The molecule has 3 aromatic rings. The van der Waals surface area contributed by atoms with Gasteiger partial charge in [0.1, 0.15) is 5.82 Å². The van der Waals surface area contributed by atoms with Crippen LogP contribution in [0.4, 0.5) is 0 Å². The fraction of sp³-hybridized carbons (Fsp3) is 0.143. The second kappa shape index (κ2) is 4.98. The van der Waals surface area contributed by atoms with Crippen molar-refractivity contribution < 1.29 is 0 Å². The Morgan fingerprint density at radius 1 is 1.06 bits per heavy atom. The standard InChI is InChI=1S/C14H14N4/c1-2-6-13-12(5-1)17-14(18-13)10-16-9-11-4-3-7-15-8-11/h1-8,16H,9-10H2,(H,17,18). The highest BCUT2D eigenvalue weighted by Crippen LogP contribution is 2.09. The lowest BCUT2D eigenvalue weighted by Crippen LogP contribution is -2.13. The summed E-state index contributed by atoms with van der Waals surface area (Å²) in [7, 11) is 0. The molecule has 0 bridgehead atoms. The number of hydrogen-bond acceptors (Lipinski definition) is 3. The summed E-state index contributed by atoms with van der Waals surface area (Å²) in [5.74, 6) is 0.958. The van der Waals surface area contributed by atoms with Crippen LogP contribution in [0.15, 0.2) is 48.8 Å². The minimum absolute atomic E-state index is 0.726. The maximum Gasteiger partial charge on any atom is 0.121 e. The van der Waals surface area contributed by atoms with Crippen molar-refractivity contribution in [1.82, 2.24) is 20.3 Å². The van der Waals surface area contributed by atoms with Gasteiger partial charge in [0.25, 0.3) is 0 Å². The van der Waals surface area contributed by atoms with Crippen LogP contribution in [0, 0.1) is 0 Å². The van der Waals surface area contributed by atoms with Crippen LogP contribution in [-0.4, -0.2) is 15.0 Å². The largest absolute Gasteiger partial charge is 0.341 e. The van der Waals surface area contributed by atoms with Crippen LogP contribution in [-0.2, 0) is 13.1 Å². The molecule has 2 N–H and O–H groups in total. The van der Waals surface area contributed by atoms with Gasteiger partial charge in [-0.1, -0.05) is 18.2 Å². The van der Waals surface area contributed by atoms with E-state index in [0.717, 1.165) is 29.9 Å². The maximum atomic E-state index is 4.51. The van der Waals surface area contributed by atoms with Gasteiger partial charge >= 0.3 is 0 Å². The number of aromatic amines is 1. The Bertz CT molecular complexity index is 597. The monoisotopic (exact) mass is 238 g/mol. The van der Waals surface area contributed by atoms with Gasteiger partial charge in [-0.2, -0.15) is 0 Å². The minimum atomic E-state index is 0.726. The summed E-state index contributed by atoms with van der Waals surface area (Å²) in [5.41, 5.74) is 3.26. The van der Waals surface area contributed by atoms with Crippen molar-refractivity contribution in [2.24, 2.45) is 0 Å². The molecule has 0 fully saturated rings. The number of nitrogens with zero attached hydrogens (tertiary/aromatic N) is 2. The average Bonchev–Trinajstić information content (AvgIpc) is 2.82. The van der Waals surface area contributed by atoms with Gasteiger partial charge in [0, 0.05) is 18.9 Å². The molecule has 0 radical (unpaired) electrons. The molecule has 0 aliphatic carbocycles. The molecule has 4 heteroatoms. The van der Waals surface area contributed by atoms with Gasteiger partial charge in [0.05, 0.1) is 17.6 Å². The van der Waals surface area contributed by atoms with Crippen molar-refractivity contribution in [1.29, 1.82) is 0 Å². The zero-order valence-corrected chi connectivity index (χ0v) is 9.93. The van der Waals surface area contributed by atoms with E-state index in [9.17, 15) is 0 Å². The smallest absolute Gasteiger partial charge is 0.121 e. The highest BCUT2D eigenvalue weighted by molar-refractivity contribution is 5.74. The van der Waals surface area contributed by atoms with Gasteiger partial charge in [-0.05, 0) is 23.8 Å². The van der Waals surface area contributed by atoms with Crippen LogP contribution >= 0.6 is 0 Å². The quantitative estimate of drug-likeness (QED) is 0.733. The highest BCUT2D eigenvalue weighted by Gasteiger charge is 2.01. The summed E-state index contributed by atoms with van der Waals surface area (Å²) < 4.78 is 0. The van der Waals surface area contributed by atoms with Crippen molar-refractivity contribution in [3.05, 3.63) is 60.2 Å². The van der Waals surface area contributed by atoms with E-state index in [-0.39, 0.29) is 0 Å². The van der Waals surface area contributed by atoms with E-state index in [1.165, 1.54) is 5.56 Å². The number of aromatic nitrogens is 3. The van der Waals surface area contributed by atoms with Crippen LogP contribution in [0.5, 0.6) is 0 Å². The normalized spacial score (nSPS) is 10.9. The van der Waals surface area contributed by atoms with E-state index >= 15 is 0 Å². The molecule has 4 nitrogen and oxygen atoms in total. The van der Waals surface area contributed by atoms with Crippen molar-refractivity contribution >= 4 is 11.0 Å². The number of rotatable bonds is 4. The third kappa shape index (κ3) is 2.38. The number of H-pyrrole nitrogens is 1. The highest BCUT2D eigenvalue weighted by atomic mass is 15.0. The van der Waals surface area contributed by atoms with Gasteiger partial charge in [-0.3, -0.25) is 4.98 Å². The molecule has 2 aromatic heterocycles. The number of hydrogen-bond donors (Lipinski definition) is 2. The Hall–Kier alpha value is -2.20. The van der Waals surface area contributed by atoms with Crippen molar-refractivity contribution in [3.63, 3.8) is 0 Å². The second-order valence-electron chi connectivity index (χ2n) is 4.17. The summed E-state index contributed by atoms with van der Waals surface area (Å²) in [6.45, 7) is 1.52. The first-order valence-corrected chi connectivity index (χ1v) is 5.95. The molecule has 0 aliphatic heterocycles. The topological polar surface area (TPSA) is 53.6 Å². The SMILES string of the molecule is c1cncc(CNCc2nc3ccccc3[nH]2)c1. The van der Waals surface area contributed by atoms with Crippen LogP contribution < -0.4 is 5.32 Å². The predicted octanol–water partition coefficient (Wildman–Crippen LogP) is 2.25.